The molecule has 1 aliphatic heterocycles. The first kappa shape index (κ1) is 7.90. The molecule has 1 saturated heterocycles. The summed E-state index contributed by atoms with van der Waals surface area (Å²) in [6.07, 6.45) is 0. The van der Waals surface area contributed by atoms with E-state index >= 15 is 0 Å². The highest BCUT2D eigenvalue weighted by atomic mass is 19.2. The normalized spacial score (nSPS) is 23.3. The Morgan fingerprint density at radius 1 is 1.27 bits per heavy atom. The quantitative estimate of drug-likeness (QED) is 0.392. The molecule has 1 aliphatic rings. The first-order chi connectivity index (χ1) is 4.89. The molecular weight excluding hydrogens is 158 g/mol. The highest BCUT2D eigenvalue weighted by Crippen LogP contribution is 2.27. The molecule has 3 amide bonds. The van der Waals surface area contributed by atoms with Crippen LogP contribution >= 0.6 is 0 Å². The smallest absolute Gasteiger partial charge is 0.269 e. The monoisotopic (exact) mass is 164 g/mol. The lowest BCUT2D eigenvalue weighted by Gasteiger charge is -2.16. The summed E-state index contributed by atoms with van der Waals surface area (Å²) in [5.74, 6) is -1.19. The van der Waals surface area contributed by atoms with Crippen LogP contribution in [-0.2, 0) is 4.79 Å². The minimum Gasteiger partial charge on any atom is -0.269 e. The summed E-state index contributed by atoms with van der Waals surface area (Å²) >= 11 is 0. The first-order valence-electron chi connectivity index (χ1n) is 2.89. The van der Waals surface area contributed by atoms with Gasteiger partial charge in [-0.2, -0.15) is 0 Å². The summed E-state index contributed by atoms with van der Waals surface area (Å²) in [6.45, 7) is 2.24. The molecule has 0 bridgehead atoms. The largest absolute Gasteiger partial charge is 0.384 e. The zero-order valence-electron chi connectivity index (χ0n) is 5.97. The van der Waals surface area contributed by atoms with Gasteiger partial charge in [-0.15, -0.1) is 5.12 Å². The van der Waals surface area contributed by atoms with Crippen molar-refractivity contribution in [2.45, 2.75) is 19.4 Å². The van der Waals surface area contributed by atoms with Gasteiger partial charge in [-0.05, 0) is 13.8 Å². The van der Waals surface area contributed by atoms with Crippen molar-refractivity contribution in [2.75, 3.05) is 0 Å². The van der Waals surface area contributed by atoms with Gasteiger partial charge in [0.15, 0.2) is 5.54 Å². The second-order valence-corrected chi connectivity index (χ2v) is 2.71. The number of urea groups is 1. The standard InChI is InChI=1S/C5H6F2N2O2/c1-5(2)3(10)8(6)4(11)9(5)7/h1-2H3. The summed E-state index contributed by atoms with van der Waals surface area (Å²) in [5, 5.41) is -1.17. The molecule has 0 spiro atoms. The van der Waals surface area contributed by atoms with Gasteiger partial charge in [0.05, 0.1) is 0 Å². The Morgan fingerprint density at radius 3 is 1.82 bits per heavy atom. The van der Waals surface area contributed by atoms with Crippen LogP contribution in [0.5, 0.6) is 0 Å². The van der Waals surface area contributed by atoms with Crippen LogP contribution in [0.15, 0.2) is 0 Å². The van der Waals surface area contributed by atoms with Gasteiger partial charge < -0.3 is 0 Å². The molecule has 0 aromatic heterocycles. The fourth-order valence-corrected chi connectivity index (χ4v) is 0.727. The Bertz CT molecular complexity index is 229. The van der Waals surface area contributed by atoms with Crippen molar-refractivity contribution in [3.05, 3.63) is 0 Å². The Labute approximate surface area is 61.2 Å². The van der Waals surface area contributed by atoms with Gasteiger partial charge in [-0.25, -0.2) is 4.79 Å². The second kappa shape index (κ2) is 1.90. The van der Waals surface area contributed by atoms with Gasteiger partial charge in [-0.1, -0.05) is 14.1 Å². The van der Waals surface area contributed by atoms with Crippen LogP contribution in [0.4, 0.5) is 13.8 Å². The maximum Gasteiger partial charge on any atom is 0.384 e. The second-order valence-electron chi connectivity index (χ2n) is 2.71. The molecule has 62 valence electrons. The molecule has 0 atom stereocenters. The van der Waals surface area contributed by atoms with Crippen LogP contribution in [0.1, 0.15) is 13.8 Å². The topological polar surface area (TPSA) is 40.6 Å². The molecule has 0 saturated carbocycles. The molecule has 0 aliphatic carbocycles. The molecule has 0 N–H and O–H groups in total. The van der Waals surface area contributed by atoms with Crippen LogP contribution in [0.2, 0.25) is 0 Å². The van der Waals surface area contributed by atoms with E-state index in [-0.39, 0.29) is 0 Å². The van der Waals surface area contributed by atoms with Crippen molar-refractivity contribution in [1.29, 1.82) is 0 Å². The molecule has 4 nitrogen and oxygen atoms in total. The minimum absolute atomic E-state index is 0.435. The van der Waals surface area contributed by atoms with E-state index in [9.17, 15) is 18.6 Å². The van der Waals surface area contributed by atoms with Crippen LogP contribution in [0, 0.1) is 0 Å². The SMILES string of the molecule is CC1(C)C(=O)N(F)C(=O)N1F. The Hall–Kier alpha value is -1.20. The molecule has 6 heteroatoms. The van der Waals surface area contributed by atoms with Crippen molar-refractivity contribution < 1.29 is 18.6 Å². The fraction of sp³-hybridized carbons (Fsp3) is 0.600. The first-order valence-corrected chi connectivity index (χ1v) is 2.89. The molecule has 1 rings (SSSR count). The van der Waals surface area contributed by atoms with Crippen molar-refractivity contribution in [1.82, 2.24) is 10.2 Å². The molecule has 0 radical (unpaired) electrons. The number of rotatable bonds is 0. The molecule has 0 aromatic carbocycles. The third kappa shape index (κ3) is 0.783. The van der Waals surface area contributed by atoms with Gasteiger partial charge in [0.1, 0.15) is 0 Å². The number of halogens is 2. The summed E-state index contributed by atoms with van der Waals surface area (Å²) < 4.78 is 24.9. The predicted molar refractivity (Wildman–Crippen MR) is 30.4 cm³/mol. The van der Waals surface area contributed by atoms with Crippen molar-refractivity contribution in [2.24, 2.45) is 0 Å². The van der Waals surface area contributed by atoms with Gasteiger partial charge >= 0.3 is 6.03 Å². The highest BCUT2D eigenvalue weighted by Gasteiger charge is 2.53. The Kier molecular flexibility index (Phi) is 1.36. The molecule has 1 fully saturated rings. The fourth-order valence-electron chi connectivity index (χ4n) is 0.727. The van der Waals surface area contributed by atoms with Crippen molar-refractivity contribution in [3.63, 3.8) is 0 Å². The summed E-state index contributed by atoms with van der Waals surface area (Å²) in [6, 6.07) is -1.57. The summed E-state index contributed by atoms with van der Waals surface area (Å²) in [4.78, 5) is 21.1. The van der Waals surface area contributed by atoms with Crippen molar-refractivity contribution in [3.8, 4) is 0 Å². The number of hydrogen-bond acceptors (Lipinski definition) is 2. The zero-order valence-corrected chi connectivity index (χ0v) is 5.97. The molecule has 0 unspecified atom stereocenters. The van der Waals surface area contributed by atoms with E-state index in [2.05, 4.69) is 0 Å². The maximum absolute atomic E-state index is 12.6. The average molecular weight is 164 g/mol. The molecule has 0 aromatic rings. The van der Waals surface area contributed by atoms with Crippen LogP contribution in [0.25, 0.3) is 0 Å². The zero-order chi connectivity index (χ0) is 8.81. The van der Waals surface area contributed by atoms with Gasteiger partial charge in [-0.3, -0.25) is 4.79 Å². The lowest BCUT2D eigenvalue weighted by molar-refractivity contribution is -0.143. The number of imide groups is 1. The van der Waals surface area contributed by atoms with Crippen LogP contribution < -0.4 is 0 Å². The summed E-state index contributed by atoms with van der Waals surface area (Å²) in [7, 11) is 0. The van der Waals surface area contributed by atoms with E-state index in [1.807, 2.05) is 0 Å². The van der Waals surface area contributed by atoms with Gasteiger partial charge in [0.2, 0.25) is 0 Å². The number of carbonyl (C=O) groups excluding carboxylic acids is 2. The van der Waals surface area contributed by atoms with E-state index < -0.39 is 27.7 Å². The van der Waals surface area contributed by atoms with E-state index in [0.717, 1.165) is 13.8 Å². The van der Waals surface area contributed by atoms with E-state index in [4.69, 9.17) is 0 Å². The molecule has 1 heterocycles. The number of amides is 3. The predicted octanol–water partition coefficient (Wildman–Crippen LogP) is 0.798. The average Bonchev–Trinajstić information content (AvgIpc) is 2.06. The van der Waals surface area contributed by atoms with E-state index in [1.54, 1.807) is 0 Å². The van der Waals surface area contributed by atoms with E-state index in [1.165, 1.54) is 0 Å². The molecular formula is C5H6F2N2O2. The highest BCUT2D eigenvalue weighted by molar-refractivity contribution is 6.04. The Morgan fingerprint density at radius 2 is 1.73 bits per heavy atom. The lowest BCUT2D eigenvalue weighted by atomic mass is 10.1. The third-order valence-electron chi connectivity index (χ3n) is 1.53. The van der Waals surface area contributed by atoms with Gasteiger partial charge in [0.25, 0.3) is 5.91 Å². The number of carbonyl (C=O) groups is 2. The van der Waals surface area contributed by atoms with Gasteiger partial charge in [0, 0.05) is 0 Å². The molecule has 11 heavy (non-hydrogen) atoms. The van der Waals surface area contributed by atoms with Crippen LogP contribution in [0.3, 0.4) is 0 Å². The maximum atomic E-state index is 12.6. The Balaban J connectivity index is 3.06. The summed E-state index contributed by atoms with van der Waals surface area (Å²) in [5.41, 5.74) is -1.72. The minimum atomic E-state index is -1.72. The number of nitrogens with zero attached hydrogens (tertiary/aromatic N) is 2. The van der Waals surface area contributed by atoms with E-state index in [0.29, 0.717) is 0 Å². The van der Waals surface area contributed by atoms with Crippen LogP contribution in [-0.4, -0.2) is 27.7 Å². The third-order valence-corrected chi connectivity index (χ3v) is 1.53. The van der Waals surface area contributed by atoms with Crippen molar-refractivity contribution >= 4 is 11.9 Å². The lowest BCUT2D eigenvalue weighted by Crippen LogP contribution is -2.38. The number of hydrogen-bond donors (Lipinski definition) is 0.